The van der Waals surface area contributed by atoms with Gasteiger partial charge in [-0.15, -0.1) is 16.9 Å². The number of benzene rings is 2. The minimum Gasteiger partial charge on any atom is -0.355 e. The molecule has 0 aliphatic heterocycles. The Labute approximate surface area is 154 Å². The van der Waals surface area contributed by atoms with Gasteiger partial charge in [0.1, 0.15) is 6.33 Å². The summed E-state index contributed by atoms with van der Waals surface area (Å²) in [7, 11) is 0. The maximum absolute atomic E-state index is 12.0. The van der Waals surface area contributed by atoms with Crippen molar-refractivity contribution in [3.8, 4) is 5.69 Å². The summed E-state index contributed by atoms with van der Waals surface area (Å²) in [6.45, 7) is 0.620. The van der Waals surface area contributed by atoms with Crippen LogP contribution in [0.25, 0.3) is 5.69 Å². The summed E-state index contributed by atoms with van der Waals surface area (Å²) >= 11 is 7.54. The van der Waals surface area contributed by atoms with Crippen molar-refractivity contribution in [1.29, 1.82) is 0 Å². The topological polar surface area (TPSA) is 72.7 Å². The Morgan fingerprint density at radius 3 is 2.56 bits per heavy atom. The monoisotopic (exact) mass is 373 g/mol. The molecule has 0 radical (unpaired) electrons. The highest BCUT2D eigenvalue weighted by Gasteiger charge is 2.04. The predicted molar refractivity (Wildman–Crippen MR) is 98.0 cm³/mol. The standard InChI is InChI=1S/C17H16ClN5OS/c18-14-3-7-16(8-4-14)25-10-9-19-17(24)11-13-1-5-15(6-2-13)23-12-20-21-22-23/h1-8,12H,9-11H2,(H,19,24). The van der Waals surface area contributed by atoms with Gasteiger partial charge in [0.2, 0.25) is 5.91 Å². The van der Waals surface area contributed by atoms with Crippen molar-refractivity contribution in [2.45, 2.75) is 11.3 Å². The number of nitrogens with one attached hydrogen (secondary N) is 1. The number of halogens is 1. The van der Waals surface area contributed by atoms with Crippen LogP contribution < -0.4 is 5.32 Å². The van der Waals surface area contributed by atoms with Gasteiger partial charge in [0.25, 0.3) is 0 Å². The van der Waals surface area contributed by atoms with Gasteiger partial charge in [-0.25, -0.2) is 4.68 Å². The molecule has 0 saturated carbocycles. The number of thioether (sulfide) groups is 1. The second-order valence-corrected chi connectivity index (χ2v) is 6.85. The molecule has 6 nitrogen and oxygen atoms in total. The number of carbonyl (C=O) groups is 1. The maximum atomic E-state index is 12.0. The van der Waals surface area contributed by atoms with E-state index in [1.54, 1.807) is 16.4 Å². The fourth-order valence-electron chi connectivity index (χ4n) is 2.18. The lowest BCUT2D eigenvalue weighted by Gasteiger charge is -2.06. The smallest absolute Gasteiger partial charge is 0.224 e. The fraction of sp³-hybridized carbons (Fsp3) is 0.176. The maximum Gasteiger partial charge on any atom is 0.224 e. The third-order valence-corrected chi connectivity index (χ3v) is 4.69. The van der Waals surface area contributed by atoms with Gasteiger partial charge < -0.3 is 5.32 Å². The molecular weight excluding hydrogens is 358 g/mol. The summed E-state index contributed by atoms with van der Waals surface area (Å²) in [5.41, 5.74) is 1.80. The molecule has 0 spiro atoms. The van der Waals surface area contributed by atoms with E-state index in [1.165, 1.54) is 6.33 Å². The highest BCUT2D eigenvalue weighted by Crippen LogP contribution is 2.19. The Morgan fingerprint density at radius 1 is 1.12 bits per heavy atom. The number of nitrogens with zero attached hydrogens (tertiary/aromatic N) is 4. The van der Waals surface area contributed by atoms with E-state index in [4.69, 9.17) is 11.6 Å². The van der Waals surface area contributed by atoms with Crippen molar-refractivity contribution < 1.29 is 4.79 Å². The lowest BCUT2D eigenvalue weighted by atomic mass is 10.1. The van der Waals surface area contributed by atoms with Gasteiger partial charge in [-0.05, 0) is 52.4 Å². The van der Waals surface area contributed by atoms with Crippen LogP contribution in [0.1, 0.15) is 5.56 Å². The number of rotatable bonds is 7. The van der Waals surface area contributed by atoms with Gasteiger partial charge in [-0.2, -0.15) is 0 Å². The van der Waals surface area contributed by atoms with Gasteiger partial charge in [-0.1, -0.05) is 23.7 Å². The number of hydrogen-bond donors (Lipinski definition) is 1. The van der Waals surface area contributed by atoms with Crippen molar-refractivity contribution in [2.75, 3.05) is 12.3 Å². The molecule has 25 heavy (non-hydrogen) atoms. The minimum atomic E-state index is 0.00637. The van der Waals surface area contributed by atoms with Crippen LogP contribution in [-0.4, -0.2) is 38.4 Å². The van der Waals surface area contributed by atoms with Crippen molar-refractivity contribution in [3.63, 3.8) is 0 Å². The molecule has 1 N–H and O–H groups in total. The highest BCUT2D eigenvalue weighted by molar-refractivity contribution is 7.99. The number of hydrogen-bond acceptors (Lipinski definition) is 5. The molecule has 2 aromatic carbocycles. The van der Waals surface area contributed by atoms with Crippen LogP contribution in [0.2, 0.25) is 5.02 Å². The van der Waals surface area contributed by atoms with Crippen LogP contribution >= 0.6 is 23.4 Å². The van der Waals surface area contributed by atoms with E-state index in [2.05, 4.69) is 20.8 Å². The Hall–Kier alpha value is -2.38. The van der Waals surface area contributed by atoms with Crippen molar-refractivity contribution in [3.05, 3.63) is 65.4 Å². The molecular formula is C17H16ClN5OS. The SMILES string of the molecule is O=C(Cc1ccc(-n2cnnn2)cc1)NCCSc1ccc(Cl)cc1. The number of aromatic nitrogens is 4. The molecule has 0 unspecified atom stereocenters. The molecule has 0 atom stereocenters. The number of carbonyl (C=O) groups excluding carboxylic acids is 1. The average Bonchev–Trinajstić information content (AvgIpc) is 3.15. The van der Waals surface area contributed by atoms with Crippen molar-refractivity contribution in [2.24, 2.45) is 0 Å². The molecule has 1 heterocycles. The summed E-state index contributed by atoms with van der Waals surface area (Å²) < 4.78 is 1.57. The van der Waals surface area contributed by atoms with E-state index in [0.29, 0.717) is 13.0 Å². The summed E-state index contributed by atoms with van der Waals surface area (Å²) in [6, 6.07) is 15.2. The Kier molecular flexibility index (Phi) is 6.03. The summed E-state index contributed by atoms with van der Waals surface area (Å²) in [6.07, 6.45) is 1.88. The van der Waals surface area contributed by atoms with E-state index < -0.39 is 0 Å². The van der Waals surface area contributed by atoms with E-state index in [-0.39, 0.29) is 5.91 Å². The van der Waals surface area contributed by atoms with Gasteiger partial charge in [0, 0.05) is 22.2 Å². The molecule has 0 aliphatic carbocycles. The van der Waals surface area contributed by atoms with Crippen LogP contribution in [-0.2, 0) is 11.2 Å². The quantitative estimate of drug-likeness (QED) is 0.509. The first-order chi connectivity index (χ1) is 12.2. The molecule has 0 bridgehead atoms. The molecule has 128 valence electrons. The number of tetrazole rings is 1. The average molecular weight is 374 g/mol. The van der Waals surface area contributed by atoms with Crippen molar-refractivity contribution >= 4 is 29.3 Å². The Bertz CT molecular complexity index is 806. The molecule has 8 heteroatoms. The summed E-state index contributed by atoms with van der Waals surface area (Å²) in [4.78, 5) is 13.1. The fourth-order valence-corrected chi connectivity index (χ4v) is 3.08. The zero-order valence-corrected chi connectivity index (χ0v) is 14.9. The van der Waals surface area contributed by atoms with E-state index in [1.807, 2.05) is 48.5 Å². The lowest BCUT2D eigenvalue weighted by Crippen LogP contribution is -2.27. The van der Waals surface area contributed by atoms with Crippen molar-refractivity contribution in [1.82, 2.24) is 25.5 Å². The van der Waals surface area contributed by atoms with Gasteiger partial charge in [0.15, 0.2) is 0 Å². The Balaban J connectivity index is 1.41. The normalized spacial score (nSPS) is 10.6. The van der Waals surface area contributed by atoms with Crippen LogP contribution in [0.5, 0.6) is 0 Å². The van der Waals surface area contributed by atoms with Gasteiger partial charge in [-0.3, -0.25) is 4.79 Å². The first kappa shape index (κ1) is 17.4. The zero-order valence-electron chi connectivity index (χ0n) is 13.3. The molecule has 0 aliphatic rings. The molecule has 0 saturated heterocycles. The second kappa shape index (κ2) is 8.64. The lowest BCUT2D eigenvalue weighted by molar-refractivity contribution is -0.120. The third kappa shape index (κ3) is 5.30. The van der Waals surface area contributed by atoms with Crippen LogP contribution in [0.3, 0.4) is 0 Å². The molecule has 1 amide bonds. The van der Waals surface area contributed by atoms with E-state index in [0.717, 1.165) is 26.9 Å². The second-order valence-electron chi connectivity index (χ2n) is 5.25. The minimum absolute atomic E-state index is 0.00637. The largest absolute Gasteiger partial charge is 0.355 e. The van der Waals surface area contributed by atoms with Gasteiger partial charge >= 0.3 is 0 Å². The predicted octanol–water partition coefficient (Wildman–Crippen LogP) is 2.77. The summed E-state index contributed by atoms with van der Waals surface area (Å²) in [5.74, 6) is 0.817. The molecule has 3 aromatic rings. The molecule has 1 aromatic heterocycles. The zero-order chi connectivity index (χ0) is 17.5. The van der Waals surface area contributed by atoms with Crippen LogP contribution in [0.4, 0.5) is 0 Å². The highest BCUT2D eigenvalue weighted by atomic mass is 35.5. The number of amides is 1. The third-order valence-electron chi connectivity index (χ3n) is 3.42. The summed E-state index contributed by atoms with van der Waals surface area (Å²) in [5, 5.41) is 14.7. The molecule has 0 fully saturated rings. The Morgan fingerprint density at radius 2 is 1.88 bits per heavy atom. The van der Waals surface area contributed by atoms with Crippen LogP contribution in [0.15, 0.2) is 59.8 Å². The van der Waals surface area contributed by atoms with Crippen LogP contribution in [0, 0.1) is 0 Å². The first-order valence-electron chi connectivity index (χ1n) is 7.68. The first-order valence-corrected chi connectivity index (χ1v) is 9.04. The van der Waals surface area contributed by atoms with E-state index >= 15 is 0 Å². The van der Waals surface area contributed by atoms with Gasteiger partial charge in [0.05, 0.1) is 12.1 Å². The van der Waals surface area contributed by atoms with E-state index in [9.17, 15) is 4.79 Å². The molecule has 3 rings (SSSR count).